The summed E-state index contributed by atoms with van der Waals surface area (Å²) >= 11 is 0. The Labute approximate surface area is 94.5 Å². The number of rotatable bonds is 5. The van der Waals surface area contributed by atoms with Gasteiger partial charge in [0, 0.05) is 26.3 Å². The molecule has 0 spiro atoms. The van der Waals surface area contributed by atoms with Crippen molar-refractivity contribution in [3.05, 3.63) is 29.8 Å². The van der Waals surface area contributed by atoms with E-state index in [9.17, 15) is 8.78 Å². The van der Waals surface area contributed by atoms with E-state index >= 15 is 0 Å². The first-order chi connectivity index (χ1) is 7.58. The van der Waals surface area contributed by atoms with E-state index < -0.39 is 11.6 Å². The average molecular weight is 229 g/mol. The summed E-state index contributed by atoms with van der Waals surface area (Å²) in [7, 11) is 1.73. The molecular formula is C12H17F2NO. The monoisotopic (exact) mass is 229 g/mol. The number of nitrogens with zero attached hydrogens (tertiary/aromatic N) is 1. The zero-order valence-corrected chi connectivity index (χ0v) is 9.58. The number of hydrogen-bond acceptors (Lipinski definition) is 2. The lowest BCUT2D eigenvalue weighted by atomic mass is 10.1. The lowest BCUT2D eigenvalue weighted by molar-refractivity contribution is 0.225. The summed E-state index contributed by atoms with van der Waals surface area (Å²) in [6.07, 6.45) is 0.823. The molecule has 0 saturated heterocycles. The third-order valence-corrected chi connectivity index (χ3v) is 2.69. The fourth-order valence-corrected chi connectivity index (χ4v) is 1.59. The molecule has 2 nitrogen and oxygen atoms in total. The van der Waals surface area contributed by atoms with Crippen molar-refractivity contribution in [2.75, 3.05) is 25.1 Å². The molecule has 1 N–H and O–H groups in total. The largest absolute Gasteiger partial charge is 0.396 e. The van der Waals surface area contributed by atoms with Crippen LogP contribution in [0.1, 0.15) is 13.3 Å². The van der Waals surface area contributed by atoms with Gasteiger partial charge in [-0.1, -0.05) is 6.92 Å². The molecule has 0 aliphatic rings. The molecule has 0 aromatic heterocycles. The average Bonchev–Trinajstić information content (AvgIpc) is 2.25. The van der Waals surface area contributed by atoms with E-state index in [4.69, 9.17) is 5.11 Å². The Hall–Kier alpha value is -1.16. The summed E-state index contributed by atoms with van der Waals surface area (Å²) in [5.41, 5.74) is 0.355. The van der Waals surface area contributed by atoms with Crippen molar-refractivity contribution in [2.24, 2.45) is 5.92 Å². The minimum absolute atomic E-state index is 0.0731. The lowest BCUT2D eigenvalue weighted by Gasteiger charge is -2.24. The molecule has 1 rings (SSSR count). The highest BCUT2D eigenvalue weighted by Gasteiger charge is 2.12. The maximum atomic E-state index is 13.4. The van der Waals surface area contributed by atoms with Crippen molar-refractivity contribution in [2.45, 2.75) is 13.3 Å². The summed E-state index contributed by atoms with van der Waals surface area (Å²) in [6, 6.07) is 3.51. The molecule has 90 valence electrons. The second-order valence-electron chi connectivity index (χ2n) is 3.93. The summed E-state index contributed by atoms with van der Waals surface area (Å²) in [6.45, 7) is 2.59. The number of anilines is 1. The SMILES string of the molecule is CCC(CO)CN(C)c1ccc(F)cc1F. The van der Waals surface area contributed by atoms with Crippen LogP contribution >= 0.6 is 0 Å². The van der Waals surface area contributed by atoms with Gasteiger partial charge in [-0.3, -0.25) is 0 Å². The third-order valence-electron chi connectivity index (χ3n) is 2.69. The van der Waals surface area contributed by atoms with Crippen LogP contribution in [0.15, 0.2) is 18.2 Å². The Morgan fingerprint density at radius 3 is 2.56 bits per heavy atom. The van der Waals surface area contributed by atoms with Gasteiger partial charge in [-0.25, -0.2) is 8.78 Å². The molecule has 4 heteroatoms. The maximum Gasteiger partial charge on any atom is 0.149 e. The highest BCUT2D eigenvalue weighted by molar-refractivity contribution is 5.47. The number of hydrogen-bond donors (Lipinski definition) is 1. The summed E-state index contributed by atoms with van der Waals surface area (Å²) < 4.78 is 26.1. The van der Waals surface area contributed by atoms with Crippen molar-refractivity contribution < 1.29 is 13.9 Å². The zero-order valence-electron chi connectivity index (χ0n) is 9.58. The van der Waals surface area contributed by atoms with Crippen LogP contribution in [0.3, 0.4) is 0 Å². The smallest absolute Gasteiger partial charge is 0.149 e. The predicted molar refractivity (Wildman–Crippen MR) is 60.5 cm³/mol. The summed E-state index contributed by atoms with van der Waals surface area (Å²) in [4.78, 5) is 1.69. The molecule has 0 radical (unpaired) electrons. The zero-order chi connectivity index (χ0) is 12.1. The quantitative estimate of drug-likeness (QED) is 0.838. The topological polar surface area (TPSA) is 23.5 Å². The van der Waals surface area contributed by atoms with Gasteiger partial charge in [0.25, 0.3) is 0 Å². The van der Waals surface area contributed by atoms with Gasteiger partial charge < -0.3 is 10.0 Å². The van der Waals surface area contributed by atoms with Crippen LogP contribution in [0, 0.1) is 17.6 Å². The Kier molecular flexibility index (Phi) is 4.68. The van der Waals surface area contributed by atoms with Gasteiger partial charge in [0.05, 0.1) is 5.69 Å². The third kappa shape index (κ3) is 3.17. The van der Waals surface area contributed by atoms with Gasteiger partial charge in [-0.05, 0) is 24.5 Å². The minimum Gasteiger partial charge on any atom is -0.396 e. The van der Waals surface area contributed by atoms with Crippen molar-refractivity contribution in [1.82, 2.24) is 0 Å². The molecule has 0 saturated carbocycles. The first kappa shape index (κ1) is 12.9. The summed E-state index contributed by atoms with van der Waals surface area (Å²) in [5.74, 6) is -1.05. The Morgan fingerprint density at radius 2 is 2.06 bits per heavy atom. The van der Waals surface area contributed by atoms with Gasteiger partial charge in [-0.2, -0.15) is 0 Å². The maximum absolute atomic E-state index is 13.4. The number of halogens is 2. The second-order valence-corrected chi connectivity index (χ2v) is 3.93. The molecule has 16 heavy (non-hydrogen) atoms. The van der Waals surface area contributed by atoms with Gasteiger partial charge >= 0.3 is 0 Å². The number of aliphatic hydroxyl groups excluding tert-OH is 1. The van der Waals surface area contributed by atoms with E-state index in [1.165, 1.54) is 12.1 Å². The molecule has 1 unspecified atom stereocenters. The fraction of sp³-hybridized carbons (Fsp3) is 0.500. The van der Waals surface area contributed by atoms with Crippen LogP contribution in [0.2, 0.25) is 0 Å². The molecule has 0 heterocycles. The Balaban J connectivity index is 2.76. The highest BCUT2D eigenvalue weighted by Crippen LogP contribution is 2.20. The molecule has 1 atom stereocenters. The first-order valence-electron chi connectivity index (χ1n) is 5.35. The first-order valence-corrected chi connectivity index (χ1v) is 5.35. The molecule has 0 amide bonds. The van der Waals surface area contributed by atoms with Crippen LogP contribution in [0.5, 0.6) is 0 Å². The lowest BCUT2D eigenvalue weighted by Crippen LogP contribution is -2.27. The van der Waals surface area contributed by atoms with E-state index in [1.807, 2.05) is 6.92 Å². The van der Waals surface area contributed by atoms with Crippen molar-refractivity contribution in [3.63, 3.8) is 0 Å². The van der Waals surface area contributed by atoms with Crippen molar-refractivity contribution in [1.29, 1.82) is 0 Å². The predicted octanol–water partition coefficient (Wildman–Crippen LogP) is 2.42. The molecule has 1 aromatic rings. The van der Waals surface area contributed by atoms with Crippen LogP contribution < -0.4 is 4.90 Å². The molecule has 0 aliphatic heterocycles. The van der Waals surface area contributed by atoms with E-state index in [-0.39, 0.29) is 12.5 Å². The van der Waals surface area contributed by atoms with Crippen molar-refractivity contribution >= 4 is 5.69 Å². The Bertz CT molecular complexity index is 340. The normalized spacial score (nSPS) is 12.6. The Morgan fingerprint density at radius 1 is 1.38 bits per heavy atom. The molecule has 1 aromatic carbocycles. The number of aliphatic hydroxyl groups is 1. The van der Waals surface area contributed by atoms with E-state index in [1.54, 1.807) is 11.9 Å². The summed E-state index contributed by atoms with van der Waals surface area (Å²) in [5, 5.41) is 9.05. The van der Waals surface area contributed by atoms with Gasteiger partial charge in [0.1, 0.15) is 11.6 Å². The van der Waals surface area contributed by atoms with Crippen LogP contribution in [-0.2, 0) is 0 Å². The molecule has 0 bridgehead atoms. The molecule has 0 aliphatic carbocycles. The van der Waals surface area contributed by atoms with Crippen LogP contribution in [0.4, 0.5) is 14.5 Å². The number of benzene rings is 1. The van der Waals surface area contributed by atoms with Gasteiger partial charge in [0.2, 0.25) is 0 Å². The van der Waals surface area contributed by atoms with E-state index in [0.29, 0.717) is 12.2 Å². The fourth-order valence-electron chi connectivity index (χ4n) is 1.59. The van der Waals surface area contributed by atoms with Crippen molar-refractivity contribution in [3.8, 4) is 0 Å². The molecular weight excluding hydrogens is 212 g/mol. The van der Waals surface area contributed by atoms with Gasteiger partial charge in [-0.15, -0.1) is 0 Å². The van der Waals surface area contributed by atoms with Crippen LogP contribution in [0.25, 0.3) is 0 Å². The standard InChI is InChI=1S/C12H17F2NO/c1-3-9(8-16)7-15(2)12-5-4-10(13)6-11(12)14/h4-6,9,16H,3,7-8H2,1-2H3. The second kappa shape index (κ2) is 5.80. The minimum atomic E-state index is -0.580. The molecule has 0 fully saturated rings. The van der Waals surface area contributed by atoms with E-state index in [2.05, 4.69) is 0 Å². The highest BCUT2D eigenvalue weighted by atomic mass is 19.1. The van der Waals surface area contributed by atoms with E-state index in [0.717, 1.165) is 12.5 Å². The van der Waals surface area contributed by atoms with Crippen LogP contribution in [-0.4, -0.2) is 25.3 Å². The van der Waals surface area contributed by atoms with Gasteiger partial charge in [0.15, 0.2) is 0 Å².